The first kappa shape index (κ1) is 13.5. The lowest BCUT2D eigenvalue weighted by Crippen LogP contribution is -2.33. The molecule has 1 fully saturated rings. The van der Waals surface area contributed by atoms with Crippen molar-refractivity contribution in [1.82, 2.24) is 0 Å². The van der Waals surface area contributed by atoms with Crippen LogP contribution in [0, 0.1) is 0 Å². The molecule has 1 aliphatic rings. The SMILES string of the molecule is CC(C)=CCC/C(C)=C/[C@H]1OCC[C@]1(C)O. The number of ether oxygens (including phenoxy) is 1. The highest BCUT2D eigenvalue weighted by atomic mass is 16.5. The number of rotatable bonds is 4. The molecule has 1 N–H and O–H groups in total. The molecule has 0 saturated carbocycles. The van der Waals surface area contributed by atoms with Crippen LogP contribution < -0.4 is 0 Å². The second-order valence-electron chi connectivity index (χ2n) is 5.23. The highest BCUT2D eigenvalue weighted by Crippen LogP contribution is 2.27. The maximum Gasteiger partial charge on any atom is 0.104 e. The van der Waals surface area contributed by atoms with Crippen LogP contribution in [0.25, 0.3) is 0 Å². The zero-order chi connectivity index (χ0) is 12.2. The van der Waals surface area contributed by atoms with Crippen molar-refractivity contribution in [3.63, 3.8) is 0 Å². The predicted molar refractivity (Wildman–Crippen MR) is 67.4 cm³/mol. The van der Waals surface area contributed by atoms with Gasteiger partial charge in [0, 0.05) is 6.42 Å². The van der Waals surface area contributed by atoms with E-state index in [0.29, 0.717) is 6.61 Å². The van der Waals surface area contributed by atoms with Crippen LogP contribution in [-0.4, -0.2) is 23.4 Å². The van der Waals surface area contributed by atoms with E-state index in [0.717, 1.165) is 19.3 Å². The zero-order valence-electron chi connectivity index (χ0n) is 10.9. The Hall–Kier alpha value is -0.600. The summed E-state index contributed by atoms with van der Waals surface area (Å²) in [4.78, 5) is 0. The Balaban J connectivity index is 2.47. The van der Waals surface area contributed by atoms with Gasteiger partial charge in [0.2, 0.25) is 0 Å². The monoisotopic (exact) mass is 224 g/mol. The van der Waals surface area contributed by atoms with E-state index in [1.807, 2.05) is 6.92 Å². The minimum absolute atomic E-state index is 0.126. The molecule has 1 saturated heterocycles. The van der Waals surface area contributed by atoms with Crippen LogP contribution in [0.2, 0.25) is 0 Å². The van der Waals surface area contributed by atoms with Crippen molar-refractivity contribution in [3.05, 3.63) is 23.3 Å². The average Bonchev–Trinajstić information content (AvgIpc) is 2.45. The minimum Gasteiger partial charge on any atom is -0.387 e. The van der Waals surface area contributed by atoms with Crippen molar-refractivity contribution in [3.8, 4) is 0 Å². The molecular formula is C14H24O2. The molecule has 0 bridgehead atoms. The van der Waals surface area contributed by atoms with Gasteiger partial charge < -0.3 is 9.84 Å². The molecular weight excluding hydrogens is 200 g/mol. The normalized spacial score (nSPS) is 30.6. The Bertz CT molecular complexity index is 283. The van der Waals surface area contributed by atoms with Gasteiger partial charge in [0.1, 0.15) is 6.10 Å². The Morgan fingerprint density at radius 2 is 2.12 bits per heavy atom. The second kappa shape index (κ2) is 5.65. The first-order chi connectivity index (χ1) is 7.42. The summed E-state index contributed by atoms with van der Waals surface area (Å²) >= 11 is 0. The summed E-state index contributed by atoms with van der Waals surface area (Å²) in [5, 5.41) is 10.0. The third-order valence-corrected chi connectivity index (χ3v) is 3.05. The Morgan fingerprint density at radius 1 is 1.44 bits per heavy atom. The highest BCUT2D eigenvalue weighted by molar-refractivity contribution is 5.10. The zero-order valence-corrected chi connectivity index (χ0v) is 10.9. The lowest BCUT2D eigenvalue weighted by atomic mass is 9.96. The molecule has 0 spiro atoms. The molecule has 0 aliphatic carbocycles. The number of allylic oxidation sites excluding steroid dienone is 3. The number of hydrogen-bond acceptors (Lipinski definition) is 2. The second-order valence-corrected chi connectivity index (χ2v) is 5.23. The van der Waals surface area contributed by atoms with Crippen molar-refractivity contribution in [2.24, 2.45) is 0 Å². The van der Waals surface area contributed by atoms with Gasteiger partial charge in [0.15, 0.2) is 0 Å². The van der Waals surface area contributed by atoms with E-state index >= 15 is 0 Å². The predicted octanol–water partition coefficient (Wildman–Crippen LogP) is 3.22. The first-order valence-corrected chi connectivity index (χ1v) is 6.06. The van der Waals surface area contributed by atoms with Crippen LogP contribution in [-0.2, 0) is 4.74 Å². The van der Waals surface area contributed by atoms with E-state index in [4.69, 9.17) is 4.74 Å². The number of aliphatic hydroxyl groups is 1. The molecule has 1 heterocycles. The van der Waals surface area contributed by atoms with Gasteiger partial charge in [-0.15, -0.1) is 0 Å². The third kappa shape index (κ3) is 4.11. The molecule has 1 aliphatic heterocycles. The molecule has 0 radical (unpaired) electrons. The van der Waals surface area contributed by atoms with Gasteiger partial charge in [-0.3, -0.25) is 0 Å². The van der Waals surface area contributed by atoms with Gasteiger partial charge in [0.25, 0.3) is 0 Å². The van der Waals surface area contributed by atoms with Crippen LogP contribution in [0.5, 0.6) is 0 Å². The van der Waals surface area contributed by atoms with Gasteiger partial charge >= 0.3 is 0 Å². The molecule has 92 valence electrons. The Morgan fingerprint density at radius 3 is 2.62 bits per heavy atom. The van der Waals surface area contributed by atoms with E-state index in [2.05, 4.69) is 32.9 Å². The Kier molecular flexibility index (Phi) is 4.75. The molecule has 16 heavy (non-hydrogen) atoms. The van der Waals surface area contributed by atoms with E-state index in [1.54, 1.807) is 0 Å². The van der Waals surface area contributed by atoms with Gasteiger partial charge in [-0.25, -0.2) is 0 Å². The fourth-order valence-electron chi connectivity index (χ4n) is 1.87. The third-order valence-electron chi connectivity index (χ3n) is 3.05. The maximum atomic E-state index is 10.0. The molecule has 0 aromatic carbocycles. The highest BCUT2D eigenvalue weighted by Gasteiger charge is 2.36. The molecule has 2 atom stereocenters. The molecule has 0 aromatic heterocycles. The van der Waals surface area contributed by atoms with Crippen LogP contribution in [0.4, 0.5) is 0 Å². The summed E-state index contributed by atoms with van der Waals surface area (Å²) in [6.45, 7) is 8.85. The van der Waals surface area contributed by atoms with E-state index < -0.39 is 5.60 Å². The summed E-state index contributed by atoms with van der Waals surface area (Å²) < 4.78 is 5.52. The average molecular weight is 224 g/mol. The first-order valence-electron chi connectivity index (χ1n) is 6.06. The fourth-order valence-corrected chi connectivity index (χ4v) is 1.87. The van der Waals surface area contributed by atoms with Gasteiger partial charge in [-0.2, -0.15) is 0 Å². The van der Waals surface area contributed by atoms with Gasteiger partial charge in [0.05, 0.1) is 12.2 Å². The minimum atomic E-state index is -0.683. The molecule has 0 amide bonds. The van der Waals surface area contributed by atoms with Crippen molar-refractivity contribution < 1.29 is 9.84 Å². The van der Waals surface area contributed by atoms with E-state index in [1.165, 1.54) is 11.1 Å². The quantitative estimate of drug-likeness (QED) is 0.743. The summed E-state index contributed by atoms with van der Waals surface area (Å²) in [5.74, 6) is 0. The van der Waals surface area contributed by atoms with Crippen molar-refractivity contribution >= 4 is 0 Å². The Labute approximate surface area is 99.0 Å². The molecule has 0 unspecified atom stereocenters. The van der Waals surface area contributed by atoms with Crippen molar-refractivity contribution in [2.75, 3.05) is 6.61 Å². The summed E-state index contributed by atoms with van der Waals surface area (Å²) in [6.07, 6.45) is 7.03. The van der Waals surface area contributed by atoms with E-state index in [-0.39, 0.29) is 6.10 Å². The van der Waals surface area contributed by atoms with Crippen LogP contribution in [0.1, 0.15) is 47.0 Å². The van der Waals surface area contributed by atoms with Crippen molar-refractivity contribution in [1.29, 1.82) is 0 Å². The smallest absolute Gasteiger partial charge is 0.104 e. The molecule has 2 heteroatoms. The molecule has 2 nitrogen and oxygen atoms in total. The van der Waals surface area contributed by atoms with Crippen LogP contribution in [0.3, 0.4) is 0 Å². The largest absolute Gasteiger partial charge is 0.387 e. The summed E-state index contributed by atoms with van der Waals surface area (Å²) in [6, 6.07) is 0. The lowest BCUT2D eigenvalue weighted by molar-refractivity contribution is 0.00169. The fraction of sp³-hybridized carbons (Fsp3) is 0.714. The molecule has 0 aromatic rings. The van der Waals surface area contributed by atoms with E-state index in [9.17, 15) is 5.11 Å². The number of hydrogen-bond donors (Lipinski definition) is 1. The summed E-state index contributed by atoms with van der Waals surface area (Å²) in [7, 11) is 0. The van der Waals surface area contributed by atoms with Crippen molar-refractivity contribution in [2.45, 2.75) is 58.7 Å². The maximum absolute atomic E-state index is 10.0. The van der Waals surface area contributed by atoms with Crippen LogP contribution in [0.15, 0.2) is 23.3 Å². The van der Waals surface area contributed by atoms with Gasteiger partial charge in [-0.05, 0) is 40.5 Å². The summed E-state index contributed by atoms with van der Waals surface area (Å²) in [5.41, 5.74) is 1.97. The standard InChI is InChI=1S/C14H24O2/c1-11(2)6-5-7-12(3)10-13-14(4,15)8-9-16-13/h6,10,13,15H,5,7-9H2,1-4H3/b12-10+/t13-,14+/m1/s1. The molecule has 1 rings (SSSR count). The van der Waals surface area contributed by atoms with Gasteiger partial charge in [-0.1, -0.05) is 23.3 Å². The topological polar surface area (TPSA) is 29.5 Å². The lowest BCUT2D eigenvalue weighted by Gasteiger charge is -2.21. The van der Waals surface area contributed by atoms with Crippen LogP contribution >= 0.6 is 0 Å².